The second-order valence-electron chi connectivity index (χ2n) is 5.09. The van der Waals surface area contributed by atoms with E-state index in [0.29, 0.717) is 6.54 Å². The molecular formula is C19H17NO. The number of ketones is 1. The van der Waals surface area contributed by atoms with Crippen LogP contribution < -0.4 is 5.73 Å². The van der Waals surface area contributed by atoms with Crippen LogP contribution in [0.2, 0.25) is 0 Å². The summed E-state index contributed by atoms with van der Waals surface area (Å²) >= 11 is 0. The van der Waals surface area contributed by atoms with Crippen LogP contribution in [0.25, 0.3) is 10.8 Å². The highest BCUT2D eigenvalue weighted by Crippen LogP contribution is 2.20. The molecule has 2 nitrogen and oxygen atoms in total. The third-order valence-electron chi connectivity index (χ3n) is 3.69. The van der Waals surface area contributed by atoms with E-state index in [1.165, 1.54) is 0 Å². The number of carbonyl (C=O) groups excluding carboxylic acids is 1. The van der Waals surface area contributed by atoms with Crippen molar-refractivity contribution in [2.45, 2.75) is 6.42 Å². The van der Waals surface area contributed by atoms with Crippen LogP contribution in [0.15, 0.2) is 66.7 Å². The van der Waals surface area contributed by atoms with Crippen LogP contribution in [0.4, 0.5) is 0 Å². The van der Waals surface area contributed by atoms with E-state index in [4.69, 9.17) is 5.73 Å². The average molecular weight is 275 g/mol. The first-order chi connectivity index (χ1) is 10.3. The first kappa shape index (κ1) is 13.5. The number of carbonyl (C=O) groups is 1. The van der Waals surface area contributed by atoms with Crippen molar-refractivity contribution in [2.24, 2.45) is 5.73 Å². The number of hydrogen-bond acceptors (Lipinski definition) is 2. The minimum Gasteiger partial charge on any atom is -0.330 e. The Balaban J connectivity index is 2.04. The third kappa shape index (κ3) is 2.71. The molecule has 0 bridgehead atoms. The van der Waals surface area contributed by atoms with Crippen molar-refractivity contribution in [3.8, 4) is 0 Å². The average Bonchev–Trinajstić information content (AvgIpc) is 2.54. The van der Waals surface area contributed by atoms with Gasteiger partial charge in [0.25, 0.3) is 0 Å². The molecule has 21 heavy (non-hydrogen) atoms. The van der Waals surface area contributed by atoms with Gasteiger partial charge in [-0.3, -0.25) is 4.79 Å². The zero-order chi connectivity index (χ0) is 14.7. The fraction of sp³-hybridized carbons (Fsp3) is 0.105. The van der Waals surface area contributed by atoms with Crippen molar-refractivity contribution in [1.82, 2.24) is 0 Å². The predicted octanol–water partition coefficient (Wildman–Crippen LogP) is 3.57. The monoisotopic (exact) mass is 275 g/mol. The highest BCUT2D eigenvalue weighted by atomic mass is 16.1. The van der Waals surface area contributed by atoms with Gasteiger partial charge >= 0.3 is 0 Å². The summed E-state index contributed by atoms with van der Waals surface area (Å²) in [6.07, 6.45) is 0.718. The van der Waals surface area contributed by atoms with E-state index in [-0.39, 0.29) is 5.78 Å². The van der Waals surface area contributed by atoms with Crippen LogP contribution in [0.3, 0.4) is 0 Å². The summed E-state index contributed by atoms with van der Waals surface area (Å²) in [4.78, 5) is 12.7. The van der Waals surface area contributed by atoms with Crippen molar-refractivity contribution in [3.63, 3.8) is 0 Å². The molecule has 0 aliphatic carbocycles. The first-order valence-corrected chi connectivity index (χ1v) is 7.11. The van der Waals surface area contributed by atoms with Crippen molar-refractivity contribution < 1.29 is 4.79 Å². The first-order valence-electron chi connectivity index (χ1n) is 7.11. The van der Waals surface area contributed by atoms with E-state index in [9.17, 15) is 4.79 Å². The Morgan fingerprint density at radius 1 is 0.857 bits per heavy atom. The number of benzene rings is 3. The molecule has 0 aromatic heterocycles. The Kier molecular flexibility index (Phi) is 3.80. The molecule has 0 aliphatic heterocycles. The predicted molar refractivity (Wildman–Crippen MR) is 86.6 cm³/mol. The maximum absolute atomic E-state index is 12.7. The number of fused-ring (bicyclic) bond motifs is 1. The number of hydrogen-bond donors (Lipinski definition) is 1. The molecule has 3 aromatic carbocycles. The van der Waals surface area contributed by atoms with Gasteiger partial charge in [-0.05, 0) is 35.4 Å². The van der Waals surface area contributed by atoms with Gasteiger partial charge in [-0.15, -0.1) is 0 Å². The molecule has 0 radical (unpaired) electrons. The Labute approximate surface area is 124 Å². The van der Waals surface area contributed by atoms with Gasteiger partial charge in [0.05, 0.1) is 0 Å². The van der Waals surface area contributed by atoms with Crippen LogP contribution in [0, 0.1) is 0 Å². The Hall–Kier alpha value is -2.45. The van der Waals surface area contributed by atoms with Gasteiger partial charge < -0.3 is 5.73 Å². The standard InChI is InChI=1S/C19H17NO/c20-12-11-15-6-3-4-8-18(15)19(21)17-10-9-14-5-1-2-7-16(14)13-17/h1-10,13H,11-12,20H2. The minimum absolute atomic E-state index is 0.0600. The molecule has 0 heterocycles. The lowest BCUT2D eigenvalue weighted by molar-refractivity contribution is 0.103. The van der Waals surface area contributed by atoms with Gasteiger partial charge in [-0.2, -0.15) is 0 Å². The molecule has 0 atom stereocenters. The summed E-state index contributed by atoms with van der Waals surface area (Å²) in [5.74, 6) is 0.0600. The normalized spacial score (nSPS) is 10.7. The van der Waals surface area contributed by atoms with Crippen molar-refractivity contribution in [3.05, 3.63) is 83.4 Å². The molecule has 0 saturated carbocycles. The number of rotatable bonds is 4. The smallest absolute Gasteiger partial charge is 0.193 e. The molecule has 3 aromatic rings. The van der Waals surface area contributed by atoms with E-state index < -0.39 is 0 Å². The van der Waals surface area contributed by atoms with Crippen LogP contribution >= 0.6 is 0 Å². The minimum atomic E-state index is 0.0600. The van der Waals surface area contributed by atoms with E-state index in [1.54, 1.807) is 0 Å². The SMILES string of the molecule is NCCc1ccccc1C(=O)c1ccc2ccccc2c1. The third-order valence-corrected chi connectivity index (χ3v) is 3.69. The summed E-state index contributed by atoms with van der Waals surface area (Å²) in [6, 6.07) is 21.6. The summed E-state index contributed by atoms with van der Waals surface area (Å²) in [5.41, 5.74) is 8.11. The summed E-state index contributed by atoms with van der Waals surface area (Å²) < 4.78 is 0. The molecule has 0 aliphatic rings. The van der Waals surface area contributed by atoms with Crippen LogP contribution in [-0.2, 0) is 6.42 Å². The lowest BCUT2D eigenvalue weighted by atomic mass is 9.95. The van der Waals surface area contributed by atoms with Gasteiger partial charge in [0.1, 0.15) is 0 Å². The Morgan fingerprint density at radius 3 is 2.38 bits per heavy atom. The fourth-order valence-corrected chi connectivity index (χ4v) is 2.60. The maximum atomic E-state index is 12.7. The second kappa shape index (κ2) is 5.90. The zero-order valence-electron chi connectivity index (χ0n) is 11.8. The highest BCUT2D eigenvalue weighted by Gasteiger charge is 2.13. The summed E-state index contributed by atoms with van der Waals surface area (Å²) in [5, 5.41) is 2.23. The molecular weight excluding hydrogens is 258 g/mol. The summed E-state index contributed by atoms with van der Waals surface area (Å²) in [7, 11) is 0. The van der Waals surface area contributed by atoms with E-state index in [1.807, 2.05) is 66.7 Å². The van der Waals surface area contributed by atoms with Crippen LogP contribution in [0.5, 0.6) is 0 Å². The second-order valence-corrected chi connectivity index (χ2v) is 5.09. The molecule has 0 fully saturated rings. The Bertz CT molecular complexity index is 792. The molecule has 0 saturated heterocycles. The van der Waals surface area contributed by atoms with E-state index in [2.05, 4.69) is 0 Å². The number of nitrogens with two attached hydrogens (primary N) is 1. The molecule has 0 spiro atoms. The van der Waals surface area contributed by atoms with Gasteiger partial charge in [-0.1, -0.05) is 60.7 Å². The Morgan fingerprint density at radius 2 is 1.57 bits per heavy atom. The quantitative estimate of drug-likeness (QED) is 0.740. The molecule has 3 rings (SSSR count). The molecule has 104 valence electrons. The van der Waals surface area contributed by atoms with Crippen LogP contribution in [-0.4, -0.2) is 12.3 Å². The largest absolute Gasteiger partial charge is 0.330 e. The van der Waals surface area contributed by atoms with Crippen LogP contribution in [0.1, 0.15) is 21.5 Å². The van der Waals surface area contributed by atoms with Gasteiger partial charge in [0, 0.05) is 11.1 Å². The van der Waals surface area contributed by atoms with Gasteiger partial charge in [0.15, 0.2) is 5.78 Å². The lowest BCUT2D eigenvalue weighted by Crippen LogP contribution is -2.09. The van der Waals surface area contributed by atoms with E-state index >= 15 is 0 Å². The fourth-order valence-electron chi connectivity index (χ4n) is 2.60. The molecule has 0 amide bonds. The molecule has 0 unspecified atom stereocenters. The van der Waals surface area contributed by atoms with Crippen molar-refractivity contribution in [1.29, 1.82) is 0 Å². The topological polar surface area (TPSA) is 43.1 Å². The summed E-state index contributed by atoms with van der Waals surface area (Å²) in [6.45, 7) is 0.544. The maximum Gasteiger partial charge on any atom is 0.193 e. The zero-order valence-corrected chi connectivity index (χ0v) is 11.8. The van der Waals surface area contributed by atoms with Gasteiger partial charge in [0.2, 0.25) is 0 Å². The van der Waals surface area contributed by atoms with Crippen molar-refractivity contribution >= 4 is 16.6 Å². The highest BCUT2D eigenvalue weighted by molar-refractivity contribution is 6.11. The van der Waals surface area contributed by atoms with Gasteiger partial charge in [-0.25, -0.2) is 0 Å². The van der Waals surface area contributed by atoms with Crippen molar-refractivity contribution in [2.75, 3.05) is 6.54 Å². The lowest BCUT2D eigenvalue weighted by Gasteiger charge is -2.08. The molecule has 2 N–H and O–H groups in total. The van der Waals surface area contributed by atoms with E-state index in [0.717, 1.165) is 33.9 Å². The molecule has 2 heteroatoms.